The topological polar surface area (TPSA) is 63.6 Å². The minimum Gasteiger partial charge on any atom is -0.472 e. The van der Waals surface area contributed by atoms with E-state index in [2.05, 4.69) is 17.5 Å². The van der Waals surface area contributed by atoms with Crippen LogP contribution in [0, 0.1) is 0 Å². The van der Waals surface area contributed by atoms with Crippen molar-refractivity contribution in [3.8, 4) is 10.4 Å². The SMILES string of the molecule is O=C(c1ccoc1)N1CCC[C@@H](c2nc3ccc(-c4cccs4)cn3n2)C1. The fourth-order valence-electron chi connectivity index (χ4n) is 3.60. The minimum absolute atomic E-state index is 0.0113. The molecule has 0 spiro atoms. The quantitative estimate of drug-likeness (QED) is 0.539. The molecule has 0 saturated carbocycles. The predicted octanol–water partition coefficient (Wildman–Crippen LogP) is 4.07. The molecule has 1 fully saturated rings. The van der Waals surface area contributed by atoms with E-state index in [0.717, 1.165) is 36.4 Å². The number of aromatic nitrogens is 3. The molecule has 5 heterocycles. The van der Waals surface area contributed by atoms with Crippen molar-refractivity contribution in [2.45, 2.75) is 18.8 Å². The van der Waals surface area contributed by atoms with Gasteiger partial charge in [0.15, 0.2) is 11.5 Å². The van der Waals surface area contributed by atoms with Crippen LogP contribution in [0.1, 0.15) is 34.9 Å². The molecule has 0 unspecified atom stereocenters. The van der Waals surface area contributed by atoms with Gasteiger partial charge in [0.2, 0.25) is 0 Å². The molecule has 136 valence electrons. The molecule has 0 N–H and O–H groups in total. The van der Waals surface area contributed by atoms with Crippen molar-refractivity contribution in [3.05, 3.63) is 65.8 Å². The molecule has 6 nitrogen and oxygen atoms in total. The van der Waals surface area contributed by atoms with Gasteiger partial charge in [-0.15, -0.1) is 11.3 Å². The van der Waals surface area contributed by atoms with Crippen LogP contribution in [0.2, 0.25) is 0 Å². The number of piperidine rings is 1. The Morgan fingerprint density at radius 1 is 1.26 bits per heavy atom. The highest BCUT2D eigenvalue weighted by Gasteiger charge is 2.28. The number of carbonyl (C=O) groups is 1. The Labute approximate surface area is 160 Å². The summed E-state index contributed by atoms with van der Waals surface area (Å²) in [4.78, 5) is 20.4. The van der Waals surface area contributed by atoms with E-state index in [-0.39, 0.29) is 11.8 Å². The number of pyridine rings is 1. The van der Waals surface area contributed by atoms with Crippen LogP contribution in [-0.2, 0) is 0 Å². The maximum Gasteiger partial charge on any atom is 0.257 e. The Hall–Kier alpha value is -2.93. The molecule has 0 aliphatic carbocycles. The molecule has 5 rings (SSSR count). The highest BCUT2D eigenvalue weighted by atomic mass is 32.1. The second-order valence-electron chi connectivity index (χ2n) is 6.77. The van der Waals surface area contributed by atoms with E-state index in [4.69, 9.17) is 14.5 Å². The van der Waals surface area contributed by atoms with Crippen molar-refractivity contribution in [2.75, 3.05) is 13.1 Å². The summed E-state index contributed by atoms with van der Waals surface area (Å²) in [5.41, 5.74) is 2.57. The van der Waals surface area contributed by atoms with Crippen molar-refractivity contribution >= 4 is 22.9 Å². The Morgan fingerprint density at radius 3 is 3.04 bits per heavy atom. The lowest BCUT2D eigenvalue weighted by Crippen LogP contribution is -2.39. The maximum atomic E-state index is 12.6. The molecule has 4 aromatic heterocycles. The number of nitrogens with zero attached hydrogens (tertiary/aromatic N) is 4. The van der Waals surface area contributed by atoms with Gasteiger partial charge >= 0.3 is 0 Å². The van der Waals surface area contributed by atoms with E-state index < -0.39 is 0 Å². The number of fused-ring (bicyclic) bond motifs is 1. The lowest BCUT2D eigenvalue weighted by atomic mass is 9.97. The summed E-state index contributed by atoms with van der Waals surface area (Å²) in [5, 5.41) is 6.79. The van der Waals surface area contributed by atoms with Gasteiger partial charge in [0, 0.05) is 35.6 Å². The average molecular weight is 378 g/mol. The van der Waals surface area contributed by atoms with Crippen LogP contribution in [0.5, 0.6) is 0 Å². The smallest absolute Gasteiger partial charge is 0.257 e. The normalized spacial score (nSPS) is 17.5. The van der Waals surface area contributed by atoms with Crippen molar-refractivity contribution in [1.82, 2.24) is 19.5 Å². The summed E-state index contributed by atoms with van der Waals surface area (Å²) in [6, 6.07) is 9.94. The van der Waals surface area contributed by atoms with Gasteiger partial charge < -0.3 is 9.32 Å². The molecule has 27 heavy (non-hydrogen) atoms. The zero-order valence-electron chi connectivity index (χ0n) is 14.6. The van der Waals surface area contributed by atoms with Crippen LogP contribution in [0.15, 0.2) is 58.9 Å². The summed E-state index contributed by atoms with van der Waals surface area (Å²) in [6.45, 7) is 1.40. The van der Waals surface area contributed by atoms with Gasteiger partial charge in [0.05, 0.1) is 11.8 Å². The molecule has 1 aliphatic rings. The second kappa shape index (κ2) is 6.66. The van der Waals surface area contributed by atoms with Gasteiger partial charge in [-0.05, 0) is 42.5 Å². The average Bonchev–Trinajstić information content (AvgIpc) is 3.48. The molecule has 1 amide bonds. The number of carbonyl (C=O) groups excluding carboxylic acids is 1. The third-order valence-electron chi connectivity index (χ3n) is 4.99. The van der Waals surface area contributed by atoms with Crippen LogP contribution in [0.4, 0.5) is 0 Å². The van der Waals surface area contributed by atoms with Crippen LogP contribution >= 0.6 is 11.3 Å². The summed E-state index contributed by atoms with van der Waals surface area (Å²) >= 11 is 1.71. The Morgan fingerprint density at radius 2 is 2.22 bits per heavy atom. The summed E-state index contributed by atoms with van der Waals surface area (Å²) in [7, 11) is 0. The van der Waals surface area contributed by atoms with Gasteiger partial charge in [-0.1, -0.05) is 6.07 Å². The first-order valence-corrected chi connectivity index (χ1v) is 9.87. The number of amides is 1. The molecular formula is C20H18N4O2S. The zero-order valence-corrected chi connectivity index (χ0v) is 15.4. The van der Waals surface area contributed by atoms with E-state index in [1.165, 1.54) is 17.4 Å². The molecule has 1 aliphatic heterocycles. The van der Waals surface area contributed by atoms with Crippen molar-refractivity contribution in [3.63, 3.8) is 0 Å². The van der Waals surface area contributed by atoms with Gasteiger partial charge in [0.1, 0.15) is 6.26 Å². The number of likely N-dealkylation sites (tertiary alicyclic amines) is 1. The largest absolute Gasteiger partial charge is 0.472 e. The van der Waals surface area contributed by atoms with Crippen LogP contribution in [0.25, 0.3) is 16.1 Å². The Kier molecular flexibility index (Phi) is 4.01. The van der Waals surface area contributed by atoms with Gasteiger partial charge in [-0.3, -0.25) is 4.79 Å². The van der Waals surface area contributed by atoms with E-state index in [9.17, 15) is 4.79 Å². The monoisotopic (exact) mass is 378 g/mol. The number of rotatable bonds is 3. The van der Waals surface area contributed by atoms with Gasteiger partial charge in [0.25, 0.3) is 5.91 Å². The summed E-state index contributed by atoms with van der Waals surface area (Å²) < 4.78 is 6.89. The molecular weight excluding hydrogens is 360 g/mol. The summed E-state index contributed by atoms with van der Waals surface area (Å²) in [6.07, 6.45) is 6.99. The minimum atomic E-state index is 0.0113. The first-order chi connectivity index (χ1) is 13.3. The highest BCUT2D eigenvalue weighted by Crippen LogP contribution is 2.28. The molecule has 4 aromatic rings. The zero-order chi connectivity index (χ0) is 18.2. The second-order valence-corrected chi connectivity index (χ2v) is 7.72. The molecule has 0 aromatic carbocycles. The van der Waals surface area contributed by atoms with Gasteiger partial charge in [-0.25, -0.2) is 9.50 Å². The molecule has 1 saturated heterocycles. The third-order valence-corrected chi connectivity index (χ3v) is 5.91. The number of hydrogen-bond donors (Lipinski definition) is 0. The van der Waals surface area contributed by atoms with Crippen LogP contribution in [0.3, 0.4) is 0 Å². The molecule has 0 bridgehead atoms. The van der Waals surface area contributed by atoms with E-state index in [1.807, 2.05) is 27.7 Å². The van der Waals surface area contributed by atoms with E-state index >= 15 is 0 Å². The molecule has 0 radical (unpaired) electrons. The van der Waals surface area contributed by atoms with Crippen molar-refractivity contribution < 1.29 is 9.21 Å². The fourth-order valence-corrected chi connectivity index (χ4v) is 4.32. The molecule has 7 heteroatoms. The van der Waals surface area contributed by atoms with Crippen LogP contribution in [-0.4, -0.2) is 38.5 Å². The Balaban J connectivity index is 1.40. The Bertz CT molecular complexity index is 1070. The third kappa shape index (κ3) is 3.04. The first kappa shape index (κ1) is 16.3. The lowest BCUT2D eigenvalue weighted by Gasteiger charge is -2.31. The first-order valence-electron chi connectivity index (χ1n) is 8.99. The van der Waals surface area contributed by atoms with E-state index in [1.54, 1.807) is 17.4 Å². The number of thiophene rings is 1. The standard InChI is InChI=1S/C20H18N4O2S/c25-20(16-7-9-26-13-16)23-8-1-3-15(11-23)19-21-18-6-5-14(12-24(18)22-19)17-4-2-10-27-17/h2,4-7,9-10,12-13,15H,1,3,8,11H2/t15-/m1/s1. The number of furan rings is 1. The summed E-state index contributed by atoms with van der Waals surface area (Å²) in [5.74, 6) is 0.972. The highest BCUT2D eigenvalue weighted by molar-refractivity contribution is 7.13. The van der Waals surface area contributed by atoms with Crippen LogP contribution < -0.4 is 0 Å². The van der Waals surface area contributed by atoms with Crippen molar-refractivity contribution in [2.24, 2.45) is 0 Å². The fraction of sp³-hybridized carbons (Fsp3) is 0.250. The van der Waals surface area contributed by atoms with Gasteiger partial charge in [-0.2, -0.15) is 5.10 Å². The van der Waals surface area contributed by atoms with Crippen molar-refractivity contribution in [1.29, 1.82) is 0 Å². The lowest BCUT2D eigenvalue weighted by molar-refractivity contribution is 0.0704. The predicted molar refractivity (Wildman–Crippen MR) is 103 cm³/mol. The molecule has 1 atom stereocenters. The maximum absolute atomic E-state index is 12.6. The van der Waals surface area contributed by atoms with E-state index in [0.29, 0.717) is 12.1 Å². The number of hydrogen-bond acceptors (Lipinski definition) is 5.